The molecule has 1 aliphatic heterocycles. The van der Waals surface area contributed by atoms with Gasteiger partial charge in [0, 0.05) is 18.5 Å². The van der Waals surface area contributed by atoms with E-state index >= 15 is 0 Å². The highest BCUT2D eigenvalue weighted by Gasteiger charge is 2.36. The monoisotopic (exact) mass is 418 g/mol. The van der Waals surface area contributed by atoms with Crippen molar-refractivity contribution in [3.63, 3.8) is 0 Å². The van der Waals surface area contributed by atoms with Crippen LogP contribution in [0, 0.1) is 0 Å². The lowest BCUT2D eigenvalue weighted by Crippen LogP contribution is -2.35. The number of fused-ring (bicyclic) bond motifs is 2. The highest BCUT2D eigenvalue weighted by molar-refractivity contribution is 5.77. The predicted octanol–water partition coefficient (Wildman–Crippen LogP) is 3.77. The van der Waals surface area contributed by atoms with Crippen LogP contribution in [0.25, 0.3) is 10.9 Å². The van der Waals surface area contributed by atoms with E-state index in [0.29, 0.717) is 25.0 Å². The zero-order valence-corrected chi connectivity index (χ0v) is 16.3. The summed E-state index contributed by atoms with van der Waals surface area (Å²) < 4.78 is 46.2. The third-order valence-corrected chi connectivity index (χ3v) is 6.02. The molecule has 0 saturated carbocycles. The summed E-state index contributed by atoms with van der Waals surface area (Å²) >= 11 is 0. The maximum atomic E-state index is 13.3. The van der Waals surface area contributed by atoms with Crippen molar-refractivity contribution >= 4 is 10.9 Å². The smallest absolute Gasteiger partial charge is 0.361 e. The summed E-state index contributed by atoms with van der Waals surface area (Å²) in [5.74, 6) is 1.09. The van der Waals surface area contributed by atoms with Gasteiger partial charge in [0.1, 0.15) is 23.8 Å². The predicted molar refractivity (Wildman–Crippen MR) is 103 cm³/mol. The number of likely N-dealkylation sites (tertiary alicyclic amines) is 1. The Morgan fingerprint density at radius 2 is 2.00 bits per heavy atom. The molecule has 30 heavy (non-hydrogen) atoms. The van der Waals surface area contributed by atoms with Crippen molar-refractivity contribution in [1.29, 1.82) is 0 Å². The molecule has 1 atom stereocenters. The summed E-state index contributed by atoms with van der Waals surface area (Å²) in [7, 11) is 0. The Balaban J connectivity index is 1.56. The molecule has 2 aromatic heterocycles. The highest BCUT2D eigenvalue weighted by atomic mass is 19.4. The van der Waals surface area contributed by atoms with Gasteiger partial charge < -0.3 is 4.52 Å². The number of para-hydroxylation sites is 1. The fourth-order valence-electron chi connectivity index (χ4n) is 4.68. The first-order valence-electron chi connectivity index (χ1n) is 10.2. The van der Waals surface area contributed by atoms with Crippen LogP contribution < -0.4 is 5.56 Å². The lowest BCUT2D eigenvalue weighted by molar-refractivity contribution is -0.142. The first-order chi connectivity index (χ1) is 14.4. The maximum Gasteiger partial charge on any atom is 0.406 e. The van der Waals surface area contributed by atoms with E-state index in [9.17, 15) is 18.0 Å². The molecular formula is C21H21F3N4O2. The second-order valence-electron chi connectivity index (χ2n) is 8.01. The molecule has 1 unspecified atom stereocenters. The highest BCUT2D eigenvalue weighted by Crippen LogP contribution is 2.35. The average molecular weight is 418 g/mol. The third-order valence-electron chi connectivity index (χ3n) is 6.02. The minimum Gasteiger partial charge on any atom is -0.361 e. The molecular weight excluding hydrogens is 397 g/mol. The Labute approximate surface area is 170 Å². The summed E-state index contributed by atoms with van der Waals surface area (Å²) in [6.07, 6.45) is -0.228. The second kappa shape index (κ2) is 7.23. The van der Waals surface area contributed by atoms with E-state index < -0.39 is 18.3 Å². The molecule has 158 valence electrons. The summed E-state index contributed by atoms with van der Waals surface area (Å²) in [4.78, 5) is 19.5. The third kappa shape index (κ3) is 3.40. The molecule has 3 aromatic rings. The fraction of sp³-hybridized carbons (Fsp3) is 0.476. The lowest BCUT2D eigenvalue weighted by Gasteiger charge is -2.26. The number of nitrogens with zero attached hydrogens (tertiary/aromatic N) is 4. The van der Waals surface area contributed by atoms with E-state index in [2.05, 4.69) is 15.0 Å². The molecule has 5 rings (SSSR count). The minimum absolute atomic E-state index is 0.175. The quantitative estimate of drug-likeness (QED) is 0.645. The maximum absolute atomic E-state index is 13.3. The van der Waals surface area contributed by atoms with Crippen LogP contribution in [-0.4, -0.2) is 32.3 Å². The van der Waals surface area contributed by atoms with Crippen molar-refractivity contribution in [1.82, 2.24) is 19.6 Å². The fourth-order valence-corrected chi connectivity index (χ4v) is 4.68. The van der Waals surface area contributed by atoms with Crippen LogP contribution in [-0.2, 0) is 25.9 Å². The van der Waals surface area contributed by atoms with Crippen LogP contribution >= 0.6 is 0 Å². The van der Waals surface area contributed by atoms with Gasteiger partial charge in [0.05, 0.1) is 16.9 Å². The van der Waals surface area contributed by atoms with Crippen LogP contribution in [0.15, 0.2) is 33.6 Å². The zero-order chi connectivity index (χ0) is 20.9. The molecule has 1 fully saturated rings. The van der Waals surface area contributed by atoms with Crippen molar-refractivity contribution in [2.75, 3.05) is 6.54 Å². The molecule has 3 heterocycles. The van der Waals surface area contributed by atoms with Gasteiger partial charge in [-0.25, -0.2) is 4.98 Å². The van der Waals surface area contributed by atoms with E-state index in [4.69, 9.17) is 4.52 Å². The van der Waals surface area contributed by atoms with Crippen LogP contribution in [0.3, 0.4) is 0 Å². The number of aromatic nitrogens is 3. The van der Waals surface area contributed by atoms with Gasteiger partial charge in [0.25, 0.3) is 5.56 Å². The van der Waals surface area contributed by atoms with Gasteiger partial charge in [-0.1, -0.05) is 17.3 Å². The van der Waals surface area contributed by atoms with Gasteiger partial charge in [-0.3, -0.25) is 14.3 Å². The molecule has 1 aromatic carbocycles. The van der Waals surface area contributed by atoms with Crippen LogP contribution in [0.5, 0.6) is 0 Å². The first kappa shape index (κ1) is 19.3. The number of halogens is 3. The van der Waals surface area contributed by atoms with Crippen molar-refractivity contribution in [2.24, 2.45) is 0 Å². The van der Waals surface area contributed by atoms with E-state index in [1.165, 1.54) is 6.07 Å². The number of benzene rings is 1. The number of alkyl halides is 3. The van der Waals surface area contributed by atoms with E-state index in [0.717, 1.165) is 47.3 Å². The molecule has 1 aliphatic carbocycles. The van der Waals surface area contributed by atoms with E-state index in [1.807, 2.05) is 0 Å². The Kier molecular flexibility index (Phi) is 4.65. The molecule has 0 bridgehead atoms. The zero-order valence-electron chi connectivity index (χ0n) is 16.3. The molecule has 6 nitrogen and oxygen atoms in total. The SMILES string of the molecule is O=c1c2ccccc2nc(C2CCCN2Cc2noc3c2CCC3)n1CC(F)(F)F. The number of hydrogen-bond acceptors (Lipinski definition) is 5. The van der Waals surface area contributed by atoms with Crippen LogP contribution in [0.1, 0.15) is 48.1 Å². The van der Waals surface area contributed by atoms with Gasteiger partial charge in [-0.2, -0.15) is 13.2 Å². The standard InChI is InChI=1S/C21H21F3N4O2/c22-21(23,24)12-28-19(25-15-7-2-1-5-14(15)20(28)29)17-8-4-10-27(17)11-16-13-6-3-9-18(13)30-26-16/h1-2,5,7,17H,3-4,6,8-12H2. The Hall–Kier alpha value is -2.68. The van der Waals surface area contributed by atoms with Crippen molar-refractivity contribution in [3.8, 4) is 0 Å². The molecule has 9 heteroatoms. The molecule has 0 spiro atoms. The molecule has 0 radical (unpaired) electrons. The van der Waals surface area contributed by atoms with Gasteiger partial charge >= 0.3 is 6.18 Å². The van der Waals surface area contributed by atoms with Crippen LogP contribution in [0.2, 0.25) is 0 Å². The molecule has 0 amide bonds. The second-order valence-corrected chi connectivity index (χ2v) is 8.01. The van der Waals surface area contributed by atoms with Gasteiger partial charge in [0.15, 0.2) is 0 Å². The van der Waals surface area contributed by atoms with Crippen molar-refractivity contribution in [3.05, 3.63) is 57.5 Å². The number of rotatable bonds is 4. The van der Waals surface area contributed by atoms with Crippen molar-refractivity contribution < 1.29 is 17.7 Å². The largest absolute Gasteiger partial charge is 0.406 e. The Morgan fingerprint density at radius 3 is 2.83 bits per heavy atom. The van der Waals surface area contributed by atoms with Gasteiger partial charge in [0.2, 0.25) is 0 Å². The van der Waals surface area contributed by atoms with E-state index in [1.54, 1.807) is 18.2 Å². The van der Waals surface area contributed by atoms with Crippen molar-refractivity contribution in [2.45, 2.75) is 57.4 Å². The lowest BCUT2D eigenvalue weighted by atomic mass is 10.1. The van der Waals surface area contributed by atoms with Crippen LogP contribution in [0.4, 0.5) is 13.2 Å². The van der Waals surface area contributed by atoms with E-state index in [-0.39, 0.29) is 17.3 Å². The summed E-state index contributed by atoms with van der Waals surface area (Å²) in [6, 6.07) is 6.18. The Bertz CT molecular complexity index is 1150. The summed E-state index contributed by atoms with van der Waals surface area (Å²) in [5.41, 5.74) is 1.74. The minimum atomic E-state index is -4.51. The summed E-state index contributed by atoms with van der Waals surface area (Å²) in [5, 5.41) is 4.39. The molecule has 0 N–H and O–H groups in total. The molecule has 2 aliphatic rings. The Morgan fingerprint density at radius 1 is 1.17 bits per heavy atom. The molecule has 1 saturated heterocycles. The van der Waals surface area contributed by atoms with Gasteiger partial charge in [-0.05, 0) is 44.4 Å². The summed E-state index contributed by atoms with van der Waals surface area (Å²) in [6.45, 7) is -0.151. The topological polar surface area (TPSA) is 64.2 Å². The normalized spacial score (nSPS) is 19.6. The average Bonchev–Trinajstić information content (AvgIpc) is 3.42. The first-order valence-corrected chi connectivity index (χ1v) is 10.2. The number of aryl methyl sites for hydroxylation is 1. The number of hydrogen-bond donors (Lipinski definition) is 0. The van der Waals surface area contributed by atoms with Gasteiger partial charge in [-0.15, -0.1) is 0 Å².